The van der Waals surface area contributed by atoms with Crippen molar-refractivity contribution in [2.45, 2.75) is 26.8 Å². The van der Waals surface area contributed by atoms with Crippen molar-refractivity contribution in [2.24, 2.45) is 0 Å². The number of hydrogen-bond donors (Lipinski definition) is 1. The molecule has 22 heavy (non-hydrogen) atoms. The van der Waals surface area contributed by atoms with Gasteiger partial charge in [-0.15, -0.1) is 0 Å². The second kappa shape index (κ2) is 6.60. The Morgan fingerprint density at radius 1 is 1.18 bits per heavy atom. The zero-order valence-electron chi connectivity index (χ0n) is 13.2. The SMILES string of the molecule is COc1ccc(C(=O)N[C@@H](C)c2cc(C)ccc2C)cc1F. The van der Waals surface area contributed by atoms with Crippen LogP contribution in [0, 0.1) is 19.7 Å². The van der Waals surface area contributed by atoms with Gasteiger partial charge in [0.2, 0.25) is 0 Å². The van der Waals surface area contributed by atoms with Gasteiger partial charge in [-0.25, -0.2) is 4.39 Å². The molecule has 0 saturated heterocycles. The minimum atomic E-state index is -0.547. The highest BCUT2D eigenvalue weighted by Gasteiger charge is 2.15. The third kappa shape index (κ3) is 3.45. The molecule has 1 N–H and O–H groups in total. The molecule has 0 fully saturated rings. The van der Waals surface area contributed by atoms with Gasteiger partial charge >= 0.3 is 0 Å². The zero-order chi connectivity index (χ0) is 16.3. The number of ether oxygens (including phenoxy) is 1. The molecule has 2 rings (SSSR count). The van der Waals surface area contributed by atoms with E-state index in [2.05, 4.69) is 11.4 Å². The maximum Gasteiger partial charge on any atom is 0.251 e. The van der Waals surface area contributed by atoms with E-state index in [-0.39, 0.29) is 23.3 Å². The van der Waals surface area contributed by atoms with Crippen LogP contribution >= 0.6 is 0 Å². The molecule has 0 spiro atoms. The smallest absolute Gasteiger partial charge is 0.251 e. The lowest BCUT2D eigenvalue weighted by molar-refractivity contribution is 0.0939. The van der Waals surface area contributed by atoms with E-state index < -0.39 is 5.82 Å². The summed E-state index contributed by atoms with van der Waals surface area (Å²) in [5, 5.41) is 2.90. The number of hydrogen-bond acceptors (Lipinski definition) is 2. The molecule has 0 heterocycles. The minimum Gasteiger partial charge on any atom is -0.494 e. The molecule has 1 atom stereocenters. The van der Waals surface area contributed by atoms with Gasteiger partial charge in [0.05, 0.1) is 13.2 Å². The second-order valence-corrected chi connectivity index (χ2v) is 5.40. The van der Waals surface area contributed by atoms with Crippen molar-refractivity contribution < 1.29 is 13.9 Å². The summed E-state index contributed by atoms with van der Waals surface area (Å²) in [6.45, 7) is 5.93. The topological polar surface area (TPSA) is 38.3 Å². The second-order valence-electron chi connectivity index (χ2n) is 5.40. The Morgan fingerprint density at radius 3 is 2.55 bits per heavy atom. The summed E-state index contributed by atoms with van der Waals surface area (Å²) in [5.74, 6) is -0.733. The molecule has 0 bridgehead atoms. The molecule has 2 aromatic rings. The van der Waals surface area contributed by atoms with Crippen LogP contribution in [-0.4, -0.2) is 13.0 Å². The Kier molecular flexibility index (Phi) is 4.81. The van der Waals surface area contributed by atoms with Gasteiger partial charge in [0.1, 0.15) is 0 Å². The first-order valence-corrected chi connectivity index (χ1v) is 7.14. The van der Waals surface area contributed by atoms with Gasteiger partial charge in [-0.05, 0) is 50.1 Å². The van der Waals surface area contributed by atoms with E-state index in [4.69, 9.17) is 4.74 Å². The van der Waals surface area contributed by atoms with E-state index in [9.17, 15) is 9.18 Å². The van der Waals surface area contributed by atoms with Crippen LogP contribution in [0.4, 0.5) is 4.39 Å². The molecule has 4 heteroatoms. The fraction of sp³-hybridized carbons (Fsp3) is 0.278. The monoisotopic (exact) mass is 301 g/mol. The standard InChI is InChI=1S/C18H20FNO2/c1-11-5-6-12(2)15(9-11)13(3)20-18(21)14-7-8-17(22-4)16(19)10-14/h5-10,13H,1-4H3,(H,20,21)/t13-/m0/s1. The summed E-state index contributed by atoms with van der Waals surface area (Å²) in [6.07, 6.45) is 0. The Labute approximate surface area is 130 Å². The highest BCUT2D eigenvalue weighted by Crippen LogP contribution is 2.21. The van der Waals surface area contributed by atoms with Crippen LogP contribution in [0.1, 0.15) is 40.0 Å². The number of nitrogens with one attached hydrogen (secondary N) is 1. The maximum absolute atomic E-state index is 13.7. The summed E-state index contributed by atoms with van der Waals surface area (Å²) in [4.78, 5) is 12.3. The summed E-state index contributed by atoms with van der Waals surface area (Å²) < 4.78 is 18.5. The van der Waals surface area contributed by atoms with Crippen LogP contribution in [0.15, 0.2) is 36.4 Å². The number of carbonyl (C=O) groups is 1. The van der Waals surface area contributed by atoms with Crippen LogP contribution in [0.5, 0.6) is 5.75 Å². The highest BCUT2D eigenvalue weighted by molar-refractivity contribution is 5.94. The Hall–Kier alpha value is -2.36. The lowest BCUT2D eigenvalue weighted by Crippen LogP contribution is -2.27. The number of benzene rings is 2. The first-order chi connectivity index (χ1) is 10.4. The molecule has 0 aliphatic rings. The van der Waals surface area contributed by atoms with E-state index >= 15 is 0 Å². The fourth-order valence-electron chi connectivity index (χ4n) is 2.39. The molecule has 2 aromatic carbocycles. The van der Waals surface area contributed by atoms with E-state index in [1.807, 2.05) is 32.9 Å². The van der Waals surface area contributed by atoms with E-state index in [0.29, 0.717) is 0 Å². The molecule has 0 aliphatic carbocycles. The van der Waals surface area contributed by atoms with Crippen molar-refractivity contribution in [1.29, 1.82) is 0 Å². The zero-order valence-corrected chi connectivity index (χ0v) is 13.2. The van der Waals surface area contributed by atoms with Crippen LogP contribution in [-0.2, 0) is 0 Å². The molecule has 116 valence electrons. The molecule has 0 saturated carbocycles. The molecule has 0 radical (unpaired) electrons. The molecule has 0 unspecified atom stereocenters. The molecule has 1 amide bonds. The lowest BCUT2D eigenvalue weighted by Gasteiger charge is -2.17. The van der Waals surface area contributed by atoms with Crippen LogP contribution in [0.25, 0.3) is 0 Å². The van der Waals surface area contributed by atoms with Gasteiger partial charge in [0, 0.05) is 5.56 Å². The minimum absolute atomic E-state index is 0.124. The number of carbonyl (C=O) groups excluding carboxylic acids is 1. The molecular weight excluding hydrogens is 281 g/mol. The van der Waals surface area contributed by atoms with E-state index in [1.54, 1.807) is 6.07 Å². The van der Waals surface area contributed by atoms with Crippen LogP contribution in [0.3, 0.4) is 0 Å². The quantitative estimate of drug-likeness (QED) is 0.929. The van der Waals surface area contributed by atoms with Gasteiger partial charge in [-0.2, -0.15) is 0 Å². The maximum atomic E-state index is 13.7. The highest BCUT2D eigenvalue weighted by atomic mass is 19.1. The Bertz CT molecular complexity index is 697. The first-order valence-electron chi connectivity index (χ1n) is 7.14. The molecular formula is C18H20FNO2. The van der Waals surface area contributed by atoms with Crippen molar-refractivity contribution in [3.8, 4) is 5.75 Å². The fourth-order valence-corrected chi connectivity index (χ4v) is 2.39. The van der Waals surface area contributed by atoms with Crippen molar-refractivity contribution in [2.75, 3.05) is 7.11 Å². The van der Waals surface area contributed by atoms with Crippen molar-refractivity contribution in [3.05, 3.63) is 64.5 Å². The summed E-state index contributed by atoms with van der Waals surface area (Å²) in [6, 6.07) is 10.1. The molecule has 0 aliphatic heterocycles. The number of halogens is 1. The first kappa shape index (κ1) is 16.0. The van der Waals surface area contributed by atoms with Gasteiger partial charge in [-0.1, -0.05) is 23.8 Å². The van der Waals surface area contributed by atoms with Crippen LogP contribution in [0.2, 0.25) is 0 Å². The number of aryl methyl sites for hydroxylation is 2. The molecule has 3 nitrogen and oxygen atoms in total. The Morgan fingerprint density at radius 2 is 1.91 bits per heavy atom. The number of methoxy groups -OCH3 is 1. The number of rotatable bonds is 4. The normalized spacial score (nSPS) is 11.9. The Balaban J connectivity index is 2.17. The summed E-state index contributed by atoms with van der Waals surface area (Å²) in [7, 11) is 1.39. The lowest BCUT2D eigenvalue weighted by atomic mass is 9.99. The van der Waals surface area contributed by atoms with Crippen LogP contribution < -0.4 is 10.1 Å². The molecule has 0 aromatic heterocycles. The van der Waals surface area contributed by atoms with Crippen molar-refractivity contribution >= 4 is 5.91 Å². The third-order valence-electron chi connectivity index (χ3n) is 3.66. The number of amides is 1. The van der Waals surface area contributed by atoms with Gasteiger partial charge in [-0.3, -0.25) is 4.79 Å². The van der Waals surface area contributed by atoms with E-state index in [0.717, 1.165) is 16.7 Å². The van der Waals surface area contributed by atoms with Gasteiger partial charge in [0.15, 0.2) is 11.6 Å². The van der Waals surface area contributed by atoms with Gasteiger partial charge in [0.25, 0.3) is 5.91 Å². The summed E-state index contributed by atoms with van der Waals surface area (Å²) in [5.41, 5.74) is 3.58. The predicted molar refractivity (Wildman–Crippen MR) is 84.7 cm³/mol. The van der Waals surface area contributed by atoms with Gasteiger partial charge < -0.3 is 10.1 Å². The van der Waals surface area contributed by atoms with E-state index in [1.165, 1.54) is 19.2 Å². The van der Waals surface area contributed by atoms with Crippen molar-refractivity contribution in [1.82, 2.24) is 5.32 Å². The summed E-state index contributed by atoms with van der Waals surface area (Å²) >= 11 is 0. The third-order valence-corrected chi connectivity index (χ3v) is 3.66. The average Bonchev–Trinajstić information content (AvgIpc) is 2.49. The van der Waals surface area contributed by atoms with Crippen molar-refractivity contribution in [3.63, 3.8) is 0 Å². The predicted octanol–water partition coefficient (Wildman–Crippen LogP) is 3.94. The average molecular weight is 301 g/mol. The largest absolute Gasteiger partial charge is 0.494 e.